The molecule has 2 aromatic heterocycles. The van der Waals surface area contributed by atoms with Gasteiger partial charge in [-0.05, 0) is 36.6 Å². The van der Waals surface area contributed by atoms with Crippen molar-refractivity contribution in [1.29, 1.82) is 0 Å². The van der Waals surface area contributed by atoms with E-state index in [4.69, 9.17) is 4.74 Å². The molecule has 1 aliphatic rings. The highest BCUT2D eigenvalue weighted by Crippen LogP contribution is 2.24. The number of aryl methyl sites for hydroxylation is 1. The van der Waals surface area contributed by atoms with E-state index in [0.717, 1.165) is 48.0 Å². The van der Waals surface area contributed by atoms with Crippen molar-refractivity contribution in [2.75, 3.05) is 32.1 Å². The Kier molecular flexibility index (Phi) is 5.31. The zero-order valence-electron chi connectivity index (χ0n) is 16.1. The van der Waals surface area contributed by atoms with Gasteiger partial charge < -0.3 is 10.1 Å². The normalized spacial score (nSPS) is 15.8. The zero-order chi connectivity index (χ0) is 19.5. The molecule has 1 N–H and O–H groups in total. The summed E-state index contributed by atoms with van der Waals surface area (Å²) in [5.74, 6) is 0.389. The number of rotatable bonds is 5. The number of likely N-dealkylation sites (tertiary alicyclic amines) is 1. The van der Waals surface area contributed by atoms with Crippen LogP contribution >= 0.6 is 0 Å². The third-order valence-corrected chi connectivity index (χ3v) is 5.13. The van der Waals surface area contributed by atoms with Crippen LogP contribution in [0.1, 0.15) is 12.8 Å². The number of ether oxygens (including phenoxy) is 1. The maximum Gasteiger partial charge on any atom is 0.239 e. The van der Waals surface area contributed by atoms with Crippen molar-refractivity contribution < 1.29 is 9.53 Å². The minimum absolute atomic E-state index is 0.0760. The second kappa shape index (κ2) is 8.04. The van der Waals surface area contributed by atoms with Crippen LogP contribution in [0.3, 0.4) is 0 Å². The van der Waals surface area contributed by atoms with Crippen LogP contribution in [-0.2, 0) is 16.6 Å². The number of piperidine rings is 1. The minimum Gasteiger partial charge on any atom is -0.381 e. The SMILES string of the molecule is COC1CCN(CC(=O)Nc2cc3cc(-c4cnn(C)c4)ccc3nn2)CC1. The molecule has 146 valence electrons. The van der Waals surface area contributed by atoms with Gasteiger partial charge in [-0.25, -0.2) is 0 Å². The van der Waals surface area contributed by atoms with Gasteiger partial charge in [0.1, 0.15) is 0 Å². The van der Waals surface area contributed by atoms with Crippen molar-refractivity contribution in [1.82, 2.24) is 24.9 Å². The first-order chi connectivity index (χ1) is 13.6. The van der Waals surface area contributed by atoms with E-state index >= 15 is 0 Å². The number of nitrogens with one attached hydrogen (secondary N) is 1. The van der Waals surface area contributed by atoms with E-state index in [1.54, 1.807) is 11.8 Å². The lowest BCUT2D eigenvalue weighted by Gasteiger charge is -2.30. The van der Waals surface area contributed by atoms with E-state index in [2.05, 4.69) is 25.5 Å². The summed E-state index contributed by atoms with van der Waals surface area (Å²) in [6.45, 7) is 2.08. The highest BCUT2D eigenvalue weighted by Gasteiger charge is 2.20. The summed E-state index contributed by atoms with van der Waals surface area (Å²) in [7, 11) is 3.63. The summed E-state index contributed by atoms with van der Waals surface area (Å²) in [5.41, 5.74) is 2.87. The fraction of sp³-hybridized carbons (Fsp3) is 0.400. The van der Waals surface area contributed by atoms with E-state index < -0.39 is 0 Å². The maximum atomic E-state index is 12.4. The first-order valence-corrected chi connectivity index (χ1v) is 9.42. The van der Waals surface area contributed by atoms with E-state index in [-0.39, 0.29) is 5.91 Å². The van der Waals surface area contributed by atoms with Crippen molar-refractivity contribution in [3.8, 4) is 11.1 Å². The minimum atomic E-state index is -0.0760. The molecule has 8 heteroatoms. The third-order valence-electron chi connectivity index (χ3n) is 5.13. The second-order valence-electron chi connectivity index (χ2n) is 7.17. The molecule has 1 aromatic carbocycles. The quantitative estimate of drug-likeness (QED) is 0.729. The van der Waals surface area contributed by atoms with Crippen LogP contribution in [-0.4, -0.2) is 63.6 Å². The second-order valence-corrected chi connectivity index (χ2v) is 7.17. The first-order valence-electron chi connectivity index (χ1n) is 9.42. The topological polar surface area (TPSA) is 85.2 Å². The fourth-order valence-electron chi connectivity index (χ4n) is 3.54. The summed E-state index contributed by atoms with van der Waals surface area (Å²) in [5, 5.41) is 16.4. The van der Waals surface area contributed by atoms with Crippen LogP contribution in [0.4, 0.5) is 5.82 Å². The smallest absolute Gasteiger partial charge is 0.239 e. The molecule has 1 fully saturated rings. The molecule has 0 aliphatic carbocycles. The van der Waals surface area contributed by atoms with Crippen LogP contribution in [0.2, 0.25) is 0 Å². The molecule has 0 radical (unpaired) electrons. The standard InChI is InChI=1S/C20H24N6O2/c1-25-12-16(11-21-25)14-3-4-18-15(9-14)10-19(24-23-18)22-20(27)13-26-7-5-17(28-2)6-8-26/h3-4,9-12,17H,5-8,13H2,1-2H3,(H,22,24,27). The van der Waals surface area contributed by atoms with E-state index in [1.807, 2.05) is 43.7 Å². The lowest BCUT2D eigenvalue weighted by atomic mass is 10.1. The molecular formula is C20H24N6O2. The van der Waals surface area contributed by atoms with Crippen LogP contribution < -0.4 is 5.32 Å². The molecule has 1 saturated heterocycles. The molecule has 0 bridgehead atoms. The van der Waals surface area contributed by atoms with Gasteiger partial charge in [0, 0.05) is 44.4 Å². The van der Waals surface area contributed by atoms with Gasteiger partial charge in [0.15, 0.2) is 5.82 Å². The number of carbonyl (C=O) groups is 1. The summed E-state index contributed by atoms with van der Waals surface area (Å²) < 4.78 is 7.14. The summed E-state index contributed by atoms with van der Waals surface area (Å²) >= 11 is 0. The molecule has 1 aliphatic heterocycles. The predicted molar refractivity (Wildman–Crippen MR) is 107 cm³/mol. The highest BCUT2D eigenvalue weighted by atomic mass is 16.5. The third kappa shape index (κ3) is 4.18. The van der Waals surface area contributed by atoms with E-state index in [1.165, 1.54) is 0 Å². The lowest BCUT2D eigenvalue weighted by Crippen LogP contribution is -2.41. The molecule has 0 atom stereocenters. The summed E-state index contributed by atoms with van der Waals surface area (Å²) in [6, 6.07) is 7.82. The Balaban J connectivity index is 1.44. The number of hydrogen-bond donors (Lipinski definition) is 1. The van der Waals surface area contributed by atoms with Crippen molar-refractivity contribution in [2.45, 2.75) is 18.9 Å². The van der Waals surface area contributed by atoms with E-state index in [9.17, 15) is 4.79 Å². The molecule has 8 nitrogen and oxygen atoms in total. The van der Waals surface area contributed by atoms with Crippen molar-refractivity contribution in [3.63, 3.8) is 0 Å². The predicted octanol–water partition coefficient (Wildman–Crippen LogP) is 2.08. The van der Waals surface area contributed by atoms with Gasteiger partial charge in [0.25, 0.3) is 0 Å². The number of methoxy groups -OCH3 is 1. The number of aromatic nitrogens is 4. The van der Waals surface area contributed by atoms with Crippen molar-refractivity contribution in [3.05, 3.63) is 36.7 Å². The van der Waals surface area contributed by atoms with Gasteiger partial charge in [0.05, 0.1) is 24.4 Å². The Morgan fingerprint density at radius 2 is 2.04 bits per heavy atom. The molecule has 0 spiro atoms. The maximum absolute atomic E-state index is 12.4. The largest absolute Gasteiger partial charge is 0.381 e. The van der Waals surface area contributed by atoms with E-state index in [0.29, 0.717) is 18.5 Å². The number of anilines is 1. The number of amides is 1. The van der Waals surface area contributed by atoms with Gasteiger partial charge in [-0.3, -0.25) is 14.4 Å². The Labute approximate surface area is 163 Å². The fourth-order valence-corrected chi connectivity index (χ4v) is 3.54. The van der Waals surface area contributed by atoms with Gasteiger partial charge in [0.2, 0.25) is 5.91 Å². The van der Waals surface area contributed by atoms with Crippen molar-refractivity contribution in [2.24, 2.45) is 7.05 Å². The number of hydrogen-bond acceptors (Lipinski definition) is 6. The molecule has 0 unspecified atom stereocenters. The van der Waals surface area contributed by atoms with Crippen LogP contribution in [0, 0.1) is 0 Å². The molecule has 4 rings (SSSR count). The molecule has 3 heterocycles. The molecule has 3 aromatic rings. The molecule has 28 heavy (non-hydrogen) atoms. The van der Waals surface area contributed by atoms with Gasteiger partial charge in [-0.2, -0.15) is 5.10 Å². The van der Waals surface area contributed by atoms with Crippen LogP contribution in [0.5, 0.6) is 0 Å². The van der Waals surface area contributed by atoms with Gasteiger partial charge in [-0.1, -0.05) is 6.07 Å². The Bertz CT molecular complexity index is 978. The first kappa shape index (κ1) is 18.5. The molecule has 1 amide bonds. The Hall–Kier alpha value is -2.84. The lowest BCUT2D eigenvalue weighted by molar-refractivity contribution is -0.118. The van der Waals surface area contributed by atoms with Crippen LogP contribution in [0.25, 0.3) is 22.0 Å². The summed E-state index contributed by atoms with van der Waals surface area (Å²) in [4.78, 5) is 14.5. The number of fused-ring (bicyclic) bond motifs is 1. The average molecular weight is 380 g/mol. The van der Waals surface area contributed by atoms with Gasteiger partial charge >= 0.3 is 0 Å². The Morgan fingerprint density at radius 1 is 1.21 bits per heavy atom. The number of nitrogens with zero attached hydrogens (tertiary/aromatic N) is 5. The Morgan fingerprint density at radius 3 is 2.75 bits per heavy atom. The van der Waals surface area contributed by atoms with Gasteiger partial charge in [-0.15, -0.1) is 10.2 Å². The molecular weight excluding hydrogens is 356 g/mol. The monoisotopic (exact) mass is 380 g/mol. The average Bonchev–Trinajstić information content (AvgIpc) is 3.14. The molecule has 0 saturated carbocycles. The highest BCUT2D eigenvalue weighted by molar-refractivity contribution is 5.93. The summed E-state index contributed by atoms with van der Waals surface area (Å²) in [6.07, 6.45) is 6.00. The van der Waals surface area contributed by atoms with Crippen molar-refractivity contribution >= 4 is 22.6 Å². The number of carbonyl (C=O) groups excluding carboxylic acids is 1. The van der Waals surface area contributed by atoms with Crippen LogP contribution in [0.15, 0.2) is 36.7 Å². The zero-order valence-corrected chi connectivity index (χ0v) is 16.1. The number of benzene rings is 1.